The van der Waals surface area contributed by atoms with Crippen molar-refractivity contribution in [2.75, 3.05) is 31.3 Å². The Morgan fingerprint density at radius 2 is 2.04 bits per heavy atom. The number of hydrogen-bond acceptors (Lipinski definition) is 7. The summed E-state index contributed by atoms with van der Waals surface area (Å²) in [6, 6.07) is 5.45. The highest BCUT2D eigenvalue weighted by molar-refractivity contribution is 7.91. The summed E-state index contributed by atoms with van der Waals surface area (Å²) in [4.78, 5) is 4.16. The predicted octanol–water partition coefficient (Wildman–Crippen LogP) is 2.90. The molecule has 152 valence electrons. The number of anilines is 2. The molecule has 1 aliphatic rings. The van der Waals surface area contributed by atoms with Crippen LogP contribution in [-0.2, 0) is 9.84 Å². The number of sulfone groups is 1. The van der Waals surface area contributed by atoms with E-state index < -0.39 is 15.7 Å². The molecule has 0 spiro atoms. The number of benzene rings is 1. The Balaban J connectivity index is 1.85. The van der Waals surface area contributed by atoms with E-state index in [0.29, 0.717) is 17.3 Å². The van der Waals surface area contributed by atoms with Gasteiger partial charge in [-0.25, -0.2) is 17.8 Å². The van der Waals surface area contributed by atoms with Gasteiger partial charge in [0.05, 0.1) is 23.4 Å². The normalized spacial score (nSPS) is 15.2. The molecule has 2 heterocycles. The highest BCUT2D eigenvalue weighted by Gasteiger charge is 2.20. The van der Waals surface area contributed by atoms with Crippen LogP contribution in [-0.4, -0.2) is 45.5 Å². The molecule has 1 fully saturated rings. The first-order chi connectivity index (χ1) is 13.4. The zero-order chi connectivity index (χ0) is 20.1. The molecule has 0 saturated carbocycles. The maximum atomic E-state index is 14.5. The Morgan fingerprint density at radius 3 is 2.68 bits per heavy atom. The zero-order valence-electron chi connectivity index (χ0n) is 15.9. The number of methoxy groups -OCH3 is 1. The molecule has 1 aromatic heterocycles. The topological polar surface area (TPSA) is 89.6 Å². The van der Waals surface area contributed by atoms with Gasteiger partial charge in [0.2, 0.25) is 5.75 Å². The number of pyridine rings is 1. The van der Waals surface area contributed by atoms with Crippen LogP contribution >= 0.6 is 0 Å². The van der Waals surface area contributed by atoms with Crippen LogP contribution in [0.3, 0.4) is 0 Å². The molecule has 0 aliphatic carbocycles. The fraction of sp³-hybridized carbons (Fsp3) is 0.421. The van der Waals surface area contributed by atoms with Crippen LogP contribution in [0.1, 0.15) is 19.8 Å². The third kappa shape index (κ3) is 4.53. The third-order valence-electron chi connectivity index (χ3n) is 4.59. The van der Waals surface area contributed by atoms with Crippen molar-refractivity contribution < 1.29 is 22.3 Å². The second kappa shape index (κ2) is 8.74. The lowest BCUT2D eigenvalue weighted by Gasteiger charge is -2.25. The summed E-state index contributed by atoms with van der Waals surface area (Å²) in [5.74, 6) is 0.398. The van der Waals surface area contributed by atoms with Crippen LogP contribution < -0.4 is 20.1 Å². The maximum absolute atomic E-state index is 14.5. The van der Waals surface area contributed by atoms with Crippen molar-refractivity contribution in [3.05, 3.63) is 36.3 Å². The first kappa shape index (κ1) is 20.3. The van der Waals surface area contributed by atoms with Crippen molar-refractivity contribution in [2.45, 2.75) is 30.8 Å². The molecule has 3 rings (SSSR count). The maximum Gasteiger partial charge on any atom is 0.204 e. The molecule has 1 aromatic carbocycles. The molecule has 2 N–H and O–H groups in total. The summed E-state index contributed by atoms with van der Waals surface area (Å²) >= 11 is 0. The first-order valence-electron chi connectivity index (χ1n) is 9.14. The van der Waals surface area contributed by atoms with Gasteiger partial charge in [0.25, 0.3) is 0 Å². The Bertz CT molecular complexity index is 931. The molecule has 28 heavy (non-hydrogen) atoms. The lowest BCUT2D eigenvalue weighted by molar-refractivity contribution is 0.156. The van der Waals surface area contributed by atoms with Crippen molar-refractivity contribution >= 4 is 21.3 Å². The van der Waals surface area contributed by atoms with E-state index in [9.17, 15) is 12.8 Å². The number of hydrogen-bond donors (Lipinski definition) is 2. The van der Waals surface area contributed by atoms with Gasteiger partial charge in [-0.3, -0.25) is 0 Å². The van der Waals surface area contributed by atoms with E-state index in [-0.39, 0.29) is 22.4 Å². The summed E-state index contributed by atoms with van der Waals surface area (Å²) in [5.41, 5.74) is 0.0971. The summed E-state index contributed by atoms with van der Waals surface area (Å²) in [6.45, 7) is 3.30. The Hall–Kier alpha value is -2.39. The molecule has 0 bridgehead atoms. The number of nitrogens with zero attached hydrogens (tertiary/aromatic N) is 1. The minimum atomic E-state index is -3.48. The van der Waals surface area contributed by atoms with Gasteiger partial charge in [-0.1, -0.05) is 6.92 Å². The summed E-state index contributed by atoms with van der Waals surface area (Å²) in [5, 5.41) is 6.15. The van der Waals surface area contributed by atoms with Crippen molar-refractivity contribution in [1.29, 1.82) is 0 Å². The van der Waals surface area contributed by atoms with Gasteiger partial charge >= 0.3 is 0 Å². The van der Waals surface area contributed by atoms with E-state index in [2.05, 4.69) is 15.6 Å². The lowest BCUT2D eigenvalue weighted by Crippen LogP contribution is -2.34. The molecule has 0 radical (unpaired) electrons. The third-order valence-corrected chi connectivity index (χ3v) is 6.32. The quantitative estimate of drug-likeness (QED) is 0.727. The van der Waals surface area contributed by atoms with E-state index in [1.807, 2.05) is 0 Å². The van der Waals surface area contributed by atoms with E-state index in [4.69, 9.17) is 9.47 Å². The van der Waals surface area contributed by atoms with Crippen LogP contribution in [0.25, 0.3) is 0 Å². The molecule has 2 aromatic rings. The minimum Gasteiger partial charge on any atom is -0.490 e. The van der Waals surface area contributed by atoms with Crippen LogP contribution in [0.2, 0.25) is 0 Å². The highest BCUT2D eigenvalue weighted by atomic mass is 32.2. The van der Waals surface area contributed by atoms with Gasteiger partial charge in [0.15, 0.2) is 21.4 Å². The van der Waals surface area contributed by atoms with E-state index in [1.54, 1.807) is 12.3 Å². The molecule has 0 unspecified atom stereocenters. The summed E-state index contributed by atoms with van der Waals surface area (Å²) in [6.07, 6.45) is 3.39. The molecule has 0 amide bonds. The van der Waals surface area contributed by atoms with E-state index in [1.165, 1.54) is 26.2 Å². The number of ether oxygens (including phenoxy) is 2. The Kier molecular flexibility index (Phi) is 6.35. The Labute approximate surface area is 164 Å². The second-order valence-electron chi connectivity index (χ2n) is 6.43. The minimum absolute atomic E-state index is 0.0547. The standard InChI is InChI=1S/C19H24FN3O4S/c1-3-28(24,25)14-4-5-16(15(20)12-14)23-19-18(26-2)17(8-11-22-19)27-13-6-9-21-10-7-13/h4-5,8,11-13,21H,3,6-7,9-10H2,1-2H3,(H,22,23). The second-order valence-corrected chi connectivity index (χ2v) is 8.71. The van der Waals surface area contributed by atoms with Crippen molar-refractivity contribution in [3.8, 4) is 11.5 Å². The van der Waals surface area contributed by atoms with Crippen LogP contribution in [0.5, 0.6) is 11.5 Å². The largest absolute Gasteiger partial charge is 0.490 e. The number of rotatable bonds is 7. The monoisotopic (exact) mass is 409 g/mol. The van der Waals surface area contributed by atoms with Gasteiger partial charge in [0.1, 0.15) is 11.9 Å². The van der Waals surface area contributed by atoms with Gasteiger partial charge in [0, 0.05) is 12.3 Å². The summed E-state index contributed by atoms with van der Waals surface area (Å²) < 4.78 is 49.8. The van der Waals surface area contributed by atoms with Gasteiger partial charge in [-0.2, -0.15) is 0 Å². The van der Waals surface area contributed by atoms with E-state index >= 15 is 0 Å². The number of piperidine rings is 1. The Morgan fingerprint density at radius 1 is 1.29 bits per heavy atom. The molecule has 9 heteroatoms. The fourth-order valence-electron chi connectivity index (χ4n) is 2.99. The van der Waals surface area contributed by atoms with E-state index in [0.717, 1.165) is 32.0 Å². The predicted molar refractivity (Wildman–Crippen MR) is 105 cm³/mol. The molecular formula is C19H24FN3O4S. The lowest BCUT2D eigenvalue weighted by atomic mass is 10.1. The van der Waals surface area contributed by atoms with Crippen LogP contribution in [0, 0.1) is 5.82 Å². The SMILES string of the molecule is CCS(=O)(=O)c1ccc(Nc2nccc(OC3CCNCC3)c2OC)c(F)c1. The molecule has 0 atom stereocenters. The summed E-state index contributed by atoms with van der Waals surface area (Å²) in [7, 11) is -1.99. The molecule has 1 aliphatic heterocycles. The van der Waals surface area contributed by atoms with Crippen molar-refractivity contribution in [3.63, 3.8) is 0 Å². The molecule has 7 nitrogen and oxygen atoms in total. The first-order valence-corrected chi connectivity index (χ1v) is 10.8. The van der Waals surface area contributed by atoms with Gasteiger partial charge in [-0.15, -0.1) is 0 Å². The van der Waals surface area contributed by atoms with Crippen LogP contribution in [0.4, 0.5) is 15.9 Å². The van der Waals surface area contributed by atoms with Crippen molar-refractivity contribution in [1.82, 2.24) is 10.3 Å². The smallest absolute Gasteiger partial charge is 0.204 e. The van der Waals surface area contributed by atoms with Gasteiger partial charge in [-0.05, 0) is 44.1 Å². The fourth-order valence-corrected chi connectivity index (χ4v) is 3.88. The van der Waals surface area contributed by atoms with Crippen molar-refractivity contribution in [2.24, 2.45) is 0 Å². The van der Waals surface area contributed by atoms with Crippen LogP contribution in [0.15, 0.2) is 35.4 Å². The average Bonchev–Trinajstić information content (AvgIpc) is 2.70. The number of nitrogens with one attached hydrogen (secondary N) is 2. The zero-order valence-corrected chi connectivity index (χ0v) is 16.7. The molecular weight excluding hydrogens is 385 g/mol. The highest BCUT2D eigenvalue weighted by Crippen LogP contribution is 2.36. The number of halogens is 1. The molecule has 1 saturated heterocycles. The van der Waals surface area contributed by atoms with Gasteiger partial charge < -0.3 is 20.1 Å². The number of aromatic nitrogens is 1. The average molecular weight is 409 g/mol.